The summed E-state index contributed by atoms with van der Waals surface area (Å²) in [5.41, 5.74) is 0.357. The van der Waals surface area contributed by atoms with Gasteiger partial charge in [0.1, 0.15) is 12.6 Å². The zero-order valence-electron chi connectivity index (χ0n) is 19.6. The Balaban J connectivity index is 1.77. The lowest BCUT2D eigenvalue weighted by molar-refractivity contribution is -0.321. The summed E-state index contributed by atoms with van der Waals surface area (Å²) in [7, 11) is 0. The Hall–Kier alpha value is -2.99. The molecule has 3 N–H and O–H groups in total. The summed E-state index contributed by atoms with van der Waals surface area (Å²) in [5, 5.41) is 15.7. The molecule has 0 aromatic heterocycles. The molecule has 4 unspecified atom stereocenters. The second-order valence-electron chi connectivity index (χ2n) is 8.98. The van der Waals surface area contributed by atoms with Crippen LogP contribution in [0.5, 0.6) is 0 Å². The second-order valence-corrected chi connectivity index (χ2v) is 8.98. The van der Waals surface area contributed by atoms with Gasteiger partial charge in [-0.15, -0.1) is 13.2 Å². The SMILES string of the molecule is O=C1NCCC1CC(NC(=O)C1CCCCCN1C(=O)C(O)c1ccccc1)C(=O)COC(F)(F)F. The Morgan fingerprint density at radius 2 is 1.86 bits per heavy atom. The van der Waals surface area contributed by atoms with Crippen molar-refractivity contribution in [2.75, 3.05) is 19.7 Å². The number of likely N-dealkylation sites (tertiary alicyclic amines) is 1. The highest BCUT2D eigenvalue weighted by Gasteiger charge is 2.38. The van der Waals surface area contributed by atoms with Gasteiger partial charge in [0, 0.05) is 19.0 Å². The van der Waals surface area contributed by atoms with E-state index in [0.717, 1.165) is 6.42 Å². The average Bonchev–Trinajstić information content (AvgIpc) is 3.10. The normalized spacial score (nSPS) is 22.3. The lowest BCUT2D eigenvalue weighted by Crippen LogP contribution is -2.54. The van der Waals surface area contributed by atoms with E-state index >= 15 is 0 Å². The van der Waals surface area contributed by atoms with Gasteiger partial charge >= 0.3 is 6.36 Å². The molecule has 2 aliphatic heterocycles. The van der Waals surface area contributed by atoms with Crippen molar-refractivity contribution < 1.29 is 42.2 Å². The van der Waals surface area contributed by atoms with Gasteiger partial charge < -0.3 is 20.6 Å². The number of nitrogens with one attached hydrogen (secondary N) is 2. The molecule has 36 heavy (non-hydrogen) atoms. The number of ether oxygens (including phenoxy) is 1. The fourth-order valence-corrected chi connectivity index (χ4v) is 4.53. The quantitative estimate of drug-likeness (QED) is 0.461. The van der Waals surface area contributed by atoms with Gasteiger partial charge in [-0.1, -0.05) is 43.2 Å². The Labute approximate surface area is 206 Å². The maximum absolute atomic E-state index is 13.3. The van der Waals surface area contributed by atoms with Crippen molar-refractivity contribution in [3.8, 4) is 0 Å². The summed E-state index contributed by atoms with van der Waals surface area (Å²) in [4.78, 5) is 52.3. The van der Waals surface area contributed by atoms with Crippen LogP contribution in [0.15, 0.2) is 30.3 Å². The number of carbonyl (C=O) groups is 4. The van der Waals surface area contributed by atoms with Crippen LogP contribution in [0.3, 0.4) is 0 Å². The van der Waals surface area contributed by atoms with E-state index in [1.165, 1.54) is 4.90 Å². The smallest absolute Gasteiger partial charge is 0.378 e. The van der Waals surface area contributed by atoms with E-state index in [1.54, 1.807) is 30.3 Å². The Bertz CT molecular complexity index is 943. The highest BCUT2D eigenvalue weighted by molar-refractivity contribution is 5.94. The van der Waals surface area contributed by atoms with Crippen LogP contribution < -0.4 is 10.6 Å². The van der Waals surface area contributed by atoms with Crippen LogP contribution in [0.4, 0.5) is 13.2 Å². The summed E-state index contributed by atoms with van der Waals surface area (Å²) in [6.45, 7) is -0.760. The van der Waals surface area contributed by atoms with E-state index in [1.807, 2.05) is 0 Å². The number of hydrogen-bond donors (Lipinski definition) is 3. The van der Waals surface area contributed by atoms with Gasteiger partial charge in [0.15, 0.2) is 11.9 Å². The minimum Gasteiger partial charge on any atom is -0.378 e. The molecule has 0 bridgehead atoms. The van der Waals surface area contributed by atoms with E-state index in [4.69, 9.17) is 0 Å². The highest BCUT2D eigenvalue weighted by Crippen LogP contribution is 2.24. The minimum atomic E-state index is -5.03. The summed E-state index contributed by atoms with van der Waals surface area (Å²) >= 11 is 0. The molecule has 1 aromatic carbocycles. The molecule has 9 nitrogen and oxygen atoms in total. The zero-order chi connectivity index (χ0) is 26.3. The number of halogens is 3. The number of hydrogen-bond acceptors (Lipinski definition) is 6. The van der Waals surface area contributed by atoms with Crippen molar-refractivity contribution in [2.24, 2.45) is 5.92 Å². The Kier molecular flexibility index (Phi) is 9.43. The molecule has 0 radical (unpaired) electrons. The second kappa shape index (κ2) is 12.3. The summed E-state index contributed by atoms with van der Waals surface area (Å²) < 4.78 is 41.2. The van der Waals surface area contributed by atoms with E-state index in [9.17, 15) is 37.5 Å². The first-order chi connectivity index (χ1) is 17.1. The third-order valence-corrected chi connectivity index (χ3v) is 6.45. The molecule has 2 heterocycles. The van der Waals surface area contributed by atoms with Crippen molar-refractivity contribution >= 4 is 23.5 Å². The minimum absolute atomic E-state index is 0.190. The van der Waals surface area contributed by atoms with Gasteiger partial charge in [0.05, 0.1) is 6.04 Å². The molecule has 2 saturated heterocycles. The van der Waals surface area contributed by atoms with Gasteiger partial charge in [-0.05, 0) is 31.2 Å². The summed E-state index contributed by atoms with van der Waals surface area (Å²) in [6.07, 6.45) is -4.17. The molecule has 12 heteroatoms. The predicted octanol–water partition coefficient (Wildman–Crippen LogP) is 1.61. The Morgan fingerprint density at radius 1 is 1.14 bits per heavy atom. The van der Waals surface area contributed by atoms with E-state index in [-0.39, 0.29) is 25.3 Å². The molecular weight excluding hydrogens is 483 g/mol. The van der Waals surface area contributed by atoms with Crippen molar-refractivity contribution in [3.05, 3.63) is 35.9 Å². The van der Waals surface area contributed by atoms with Crippen LogP contribution in [0.25, 0.3) is 0 Å². The lowest BCUT2D eigenvalue weighted by Gasteiger charge is -2.32. The van der Waals surface area contributed by atoms with Gasteiger partial charge in [0.25, 0.3) is 5.91 Å². The molecule has 198 valence electrons. The molecule has 0 aliphatic carbocycles. The molecule has 3 rings (SSSR count). The van der Waals surface area contributed by atoms with Gasteiger partial charge in [-0.25, -0.2) is 0 Å². The number of Topliss-reactive ketones (excluding diaryl/α,β-unsaturated/α-hetero) is 1. The number of carbonyl (C=O) groups excluding carboxylic acids is 4. The topological polar surface area (TPSA) is 125 Å². The van der Waals surface area contributed by atoms with Crippen LogP contribution in [0, 0.1) is 5.92 Å². The van der Waals surface area contributed by atoms with Crippen LogP contribution >= 0.6 is 0 Å². The van der Waals surface area contributed by atoms with Gasteiger partial charge in [-0.2, -0.15) is 0 Å². The maximum Gasteiger partial charge on any atom is 0.522 e. The van der Waals surface area contributed by atoms with E-state index < -0.39 is 54.7 Å². The number of nitrogens with zero attached hydrogens (tertiary/aromatic N) is 1. The van der Waals surface area contributed by atoms with Gasteiger partial charge in [0.2, 0.25) is 11.8 Å². The van der Waals surface area contributed by atoms with E-state index in [2.05, 4.69) is 15.4 Å². The summed E-state index contributed by atoms with van der Waals surface area (Å²) in [5.74, 6) is -3.44. The van der Waals surface area contributed by atoms with Crippen LogP contribution in [-0.2, 0) is 23.9 Å². The van der Waals surface area contributed by atoms with E-state index in [0.29, 0.717) is 31.4 Å². The first-order valence-electron chi connectivity index (χ1n) is 11.9. The maximum atomic E-state index is 13.3. The lowest BCUT2D eigenvalue weighted by atomic mass is 9.95. The number of rotatable bonds is 9. The molecule has 2 fully saturated rings. The third-order valence-electron chi connectivity index (χ3n) is 6.45. The highest BCUT2D eigenvalue weighted by atomic mass is 19.4. The molecule has 0 spiro atoms. The van der Waals surface area contributed by atoms with Crippen molar-refractivity contribution in [3.63, 3.8) is 0 Å². The molecule has 3 amide bonds. The number of aliphatic hydroxyl groups is 1. The zero-order valence-corrected chi connectivity index (χ0v) is 19.6. The Morgan fingerprint density at radius 3 is 2.50 bits per heavy atom. The van der Waals surface area contributed by atoms with Gasteiger partial charge in [-0.3, -0.25) is 23.9 Å². The first kappa shape index (κ1) is 27.6. The number of alkyl halides is 3. The number of ketones is 1. The fraction of sp³-hybridized carbons (Fsp3) is 0.583. The van der Waals surface area contributed by atoms with Crippen LogP contribution in [0.2, 0.25) is 0 Å². The van der Waals surface area contributed by atoms with Crippen molar-refractivity contribution in [1.29, 1.82) is 0 Å². The predicted molar refractivity (Wildman–Crippen MR) is 120 cm³/mol. The summed E-state index contributed by atoms with van der Waals surface area (Å²) in [6, 6.07) is 5.78. The number of aliphatic hydroxyl groups excluding tert-OH is 1. The number of amides is 3. The third kappa shape index (κ3) is 7.50. The molecule has 4 atom stereocenters. The van der Waals surface area contributed by atoms with Crippen molar-refractivity contribution in [2.45, 2.75) is 63.1 Å². The van der Waals surface area contributed by atoms with Crippen molar-refractivity contribution in [1.82, 2.24) is 15.5 Å². The van der Waals surface area contributed by atoms with Crippen LogP contribution in [0.1, 0.15) is 50.2 Å². The fourth-order valence-electron chi connectivity index (χ4n) is 4.53. The molecule has 1 aromatic rings. The standard InChI is InChI=1S/C24H30F3N3O6/c25-24(26,27)36-14-19(31)17(13-16-10-11-28-21(16)33)29-22(34)18-9-5-2-6-12-30(18)23(35)20(32)15-7-3-1-4-8-15/h1,3-4,7-8,16-18,20,32H,2,5-6,9-14H2,(H,28,33)(H,29,34). The molecule has 0 saturated carbocycles. The molecular formula is C24H30F3N3O6. The number of benzene rings is 1. The molecule has 2 aliphatic rings. The average molecular weight is 514 g/mol. The first-order valence-corrected chi connectivity index (χ1v) is 11.9. The largest absolute Gasteiger partial charge is 0.522 e. The van der Waals surface area contributed by atoms with Crippen LogP contribution in [-0.4, -0.2) is 71.7 Å². The monoisotopic (exact) mass is 513 g/mol.